The molecule has 41 heavy (non-hydrogen) atoms. The Labute approximate surface area is 246 Å². The summed E-state index contributed by atoms with van der Waals surface area (Å²) in [6.07, 6.45) is 11.3. The lowest BCUT2D eigenvalue weighted by Crippen LogP contribution is -2.61. The summed E-state index contributed by atoms with van der Waals surface area (Å²) in [4.78, 5) is 5.16. The van der Waals surface area contributed by atoms with E-state index in [1.54, 1.807) is 0 Å². The molecular formula is C33H54N2O6. The average Bonchev–Trinajstić information content (AvgIpc) is 3.69. The van der Waals surface area contributed by atoms with Crippen molar-refractivity contribution in [3.8, 4) is 0 Å². The van der Waals surface area contributed by atoms with E-state index in [0.29, 0.717) is 50.1 Å². The summed E-state index contributed by atoms with van der Waals surface area (Å²) in [5.41, 5.74) is 0.280. The first-order valence-electron chi connectivity index (χ1n) is 17.1. The van der Waals surface area contributed by atoms with Gasteiger partial charge in [0.05, 0.1) is 38.6 Å². The van der Waals surface area contributed by atoms with Crippen molar-refractivity contribution in [3.63, 3.8) is 0 Å². The zero-order valence-corrected chi connectivity index (χ0v) is 25.5. The molecule has 5 unspecified atom stereocenters. The summed E-state index contributed by atoms with van der Waals surface area (Å²) in [5.74, 6) is 1.87. The Hall–Kier alpha value is -0.320. The van der Waals surface area contributed by atoms with E-state index in [2.05, 4.69) is 23.6 Å². The molecule has 2 N–H and O–H groups in total. The minimum absolute atomic E-state index is 0.0145. The van der Waals surface area contributed by atoms with Crippen LogP contribution >= 0.6 is 0 Å². The van der Waals surface area contributed by atoms with Gasteiger partial charge in [0.1, 0.15) is 0 Å². The Balaban J connectivity index is 0.976. The van der Waals surface area contributed by atoms with E-state index in [4.69, 9.17) is 18.9 Å². The average molecular weight is 575 g/mol. The highest BCUT2D eigenvalue weighted by atomic mass is 16.7. The second-order valence-electron chi connectivity index (χ2n) is 15.8. The fourth-order valence-electron chi connectivity index (χ4n) is 11.9. The van der Waals surface area contributed by atoms with Crippen LogP contribution in [0.5, 0.6) is 0 Å². The number of hydrogen-bond acceptors (Lipinski definition) is 8. The van der Waals surface area contributed by atoms with Crippen LogP contribution in [0.4, 0.5) is 0 Å². The third-order valence-electron chi connectivity index (χ3n) is 14.3. The van der Waals surface area contributed by atoms with Gasteiger partial charge in [0.25, 0.3) is 0 Å². The first-order valence-corrected chi connectivity index (χ1v) is 17.1. The highest BCUT2D eigenvalue weighted by molar-refractivity contribution is 5.14. The van der Waals surface area contributed by atoms with Crippen LogP contribution in [0.15, 0.2) is 0 Å². The van der Waals surface area contributed by atoms with E-state index in [1.807, 2.05) is 0 Å². The van der Waals surface area contributed by atoms with Crippen LogP contribution in [0.1, 0.15) is 84.5 Å². The largest absolute Gasteiger partial charge is 0.391 e. The molecule has 0 amide bonds. The number of piperidine rings is 2. The van der Waals surface area contributed by atoms with Crippen LogP contribution in [0.25, 0.3) is 0 Å². The lowest BCUT2D eigenvalue weighted by atomic mass is 9.44. The second-order valence-corrected chi connectivity index (χ2v) is 15.8. The molecule has 0 radical (unpaired) electrons. The molecule has 0 aromatic carbocycles. The van der Waals surface area contributed by atoms with Gasteiger partial charge in [0, 0.05) is 63.9 Å². The molecule has 4 saturated heterocycles. The van der Waals surface area contributed by atoms with E-state index in [9.17, 15) is 10.2 Å². The lowest BCUT2D eigenvalue weighted by molar-refractivity contribution is -0.200. The Bertz CT molecular complexity index is 965. The smallest absolute Gasteiger partial charge is 0.170 e. The van der Waals surface area contributed by atoms with Crippen LogP contribution in [-0.4, -0.2) is 108 Å². The molecule has 0 bridgehead atoms. The SMILES string of the molecule is C[C@]12CC(N3CCC4(CC3)OCCO4)C(O)CC1CC[C@@H]1[C@H]2CC[C@]2(C)C(O)C(N3CCC4(CC3)OCCO4)C[C@@H]12. The van der Waals surface area contributed by atoms with Crippen LogP contribution in [0, 0.1) is 34.5 Å². The minimum atomic E-state index is -0.363. The van der Waals surface area contributed by atoms with E-state index in [-0.39, 0.29) is 46.7 Å². The van der Waals surface area contributed by atoms with Crippen LogP contribution in [-0.2, 0) is 18.9 Å². The quantitative estimate of drug-likeness (QED) is 0.520. The Morgan fingerprint density at radius 1 is 0.610 bits per heavy atom. The van der Waals surface area contributed by atoms with Crippen molar-refractivity contribution in [3.05, 3.63) is 0 Å². The second kappa shape index (κ2) is 10.1. The molecule has 4 aliphatic heterocycles. The van der Waals surface area contributed by atoms with Gasteiger partial charge < -0.3 is 29.2 Å². The maximum absolute atomic E-state index is 11.9. The first kappa shape index (κ1) is 28.2. The summed E-state index contributed by atoms with van der Waals surface area (Å²) in [5, 5.41) is 23.4. The first-order chi connectivity index (χ1) is 19.7. The lowest BCUT2D eigenvalue weighted by Gasteiger charge is -2.62. The summed E-state index contributed by atoms with van der Waals surface area (Å²) < 4.78 is 24.0. The zero-order chi connectivity index (χ0) is 28.0. The van der Waals surface area contributed by atoms with Gasteiger partial charge in [-0.3, -0.25) is 9.80 Å². The Kier molecular flexibility index (Phi) is 6.94. The Morgan fingerprint density at radius 2 is 1.17 bits per heavy atom. The van der Waals surface area contributed by atoms with E-state index >= 15 is 0 Å². The van der Waals surface area contributed by atoms with Gasteiger partial charge in [0.15, 0.2) is 11.6 Å². The van der Waals surface area contributed by atoms with Crippen molar-refractivity contribution in [2.45, 2.75) is 120 Å². The number of hydrogen-bond donors (Lipinski definition) is 2. The number of aliphatic hydroxyl groups is 2. The molecule has 8 heteroatoms. The molecule has 2 spiro atoms. The minimum Gasteiger partial charge on any atom is -0.391 e. The van der Waals surface area contributed by atoms with Crippen LogP contribution in [0.3, 0.4) is 0 Å². The van der Waals surface area contributed by atoms with E-state index < -0.39 is 0 Å². The summed E-state index contributed by atoms with van der Waals surface area (Å²) in [7, 11) is 0. The van der Waals surface area contributed by atoms with Gasteiger partial charge in [-0.2, -0.15) is 0 Å². The maximum Gasteiger partial charge on any atom is 0.170 e. The highest BCUT2D eigenvalue weighted by Gasteiger charge is 2.64. The van der Waals surface area contributed by atoms with Gasteiger partial charge in [-0.05, 0) is 79.4 Å². The molecule has 0 aromatic rings. The molecule has 4 aliphatic carbocycles. The third-order valence-corrected chi connectivity index (χ3v) is 14.3. The van der Waals surface area contributed by atoms with Crippen molar-refractivity contribution in [1.29, 1.82) is 0 Å². The van der Waals surface area contributed by atoms with Gasteiger partial charge >= 0.3 is 0 Å². The number of likely N-dealkylation sites (tertiary alicyclic amines) is 2. The van der Waals surface area contributed by atoms with Gasteiger partial charge in [-0.15, -0.1) is 0 Å². The fourth-order valence-corrected chi connectivity index (χ4v) is 11.9. The molecule has 0 aromatic heterocycles. The normalized spacial score (nSPS) is 51.5. The summed E-state index contributed by atoms with van der Waals surface area (Å²) in [6.45, 7) is 11.7. The molecule has 8 nitrogen and oxygen atoms in total. The molecule has 8 fully saturated rings. The molecule has 8 aliphatic rings. The fraction of sp³-hybridized carbons (Fsp3) is 1.00. The number of aliphatic hydroxyl groups excluding tert-OH is 2. The molecule has 8 rings (SSSR count). The topological polar surface area (TPSA) is 83.9 Å². The monoisotopic (exact) mass is 574 g/mol. The predicted molar refractivity (Wildman–Crippen MR) is 153 cm³/mol. The zero-order valence-electron chi connectivity index (χ0n) is 25.5. The van der Waals surface area contributed by atoms with Crippen molar-refractivity contribution in [2.75, 3.05) is 52.6 Å². The van der Waals surface area contributed by atoms with Crippen molar-refractivity contribution < 1.29 is 29.2 Å². The van der Waals surface area contributed by atoms with Crippen molar-refractivity contribution in [1.82, 2.24) is 9.80 Å². The standard InChI is InChI=1S/C33H54N2O6/c1-30-6-5-24-23(25(30)20-26(29(30)37)34-11-7-32(8-12-34)38-15-16-39-32)4-3-22-19-28(36)27(21-31(22,24)2)35-13-9-33(10-14-35)40-17-18-41-33/h22-29,36-37H,3-21H2,1-2H3/t22?,23-,24-,25+,26?,27?,28?,29?,30+,31+/m1/s1. The summed E-state index contributed by atoms with van der Waals surface area (Å²) >= 11 is 0. The third kappa shape index (κ3) is 4.36. The molecular weight excluding hydrogens is 520 g/mol. The Morgan fingerprint density at radius 3 is 1.76 bits per heavy atom. The van der Waals surface area contributed by atoms with Gasteiger partial charge in [-0.25, -0.2) is 0 Å². The van der Waals surface area contributed by atoms with Gasteiger partial charge in [-0.1, -0.05) is 13.8 Å². The number of fused-ring (bicyclic) bond motifs is 5. The predicted octanol–water partition coefficient (Wildman–Crippen LogP) is 3.39. The van der Waals surface area contributed by atoms with Crippen LogP contribution in [0.2, 0.25) is 0 Å². The molecule has 232 valence electrons. The molecule has 4 heterocycles. The van der Waals surface area contributed by atoms with Crippen molar-refractivity contribution >= 4 is 0 Å². The van der Waals surface area contributed by atoms with Gasteiger partial charge in [0.2, 0.25) is 0 Å². The summed E-state index contributed by atoms with van der Waals surface area (Å²) in [6, 6.07) is 0.499. The maximum atomic E-state index is 11.9. The number of nitrogens with zero attached hydrogens (tertiary/aromatic N) is 2. The highest BCUT2D eigenvalue weighted by Crippen LogP contribution is 2.67. The van der Waals surface area contributed by atoms with Crippen LogP contribution < -0.4 is 0 Å². The van der Waals surface area contributed by atoms with E-state index in [0.717, 1.165) is 77.5 Å². The number of rotatable bonds is 2. The van der Waals surface area contributed by atoms with E-state index in [1.165, 1.54) is 19.3 Å². The molecule has 4 saturated carbocycles. The molecule has 10 atom stereocenters. The van der Waals surface area contributed by atoms with Crippen molar-refractivity contribution in [2.24, 2.45) is 34.5 Å². The number of ether oxygens (including phenoxy) is 4.